The number of hydrogen-bond acceptors (Lipinski definition) is 7. The minimum Gasteiger partial charge on any atom is -0.388 e. The van der Waals surface area contributed by atoms with E-state index >= 15 is 0 Å². The number of nitrogens with zero attached hydrogens (tertiary/aromatic N) is 1. The number of nitrogens with one attached hydrogen (secondary N) is 1. The molecule has 2 fully saturated rings. The van der Waals surface area contributed by atoms with Gasteiger partial charge in [-0.15, -0.1) is 23.4 Å². The molecule has 27 heavy (non-hydrogen) atoms. The van der Waals surface area contributed by atoms with Gasteiger partial charge in [0.1, 0.15) is 29.9 Å². The summed E-state index contributed by atoms with van der Waals surface area (Å²) in [6.45, 7) is 4.74. The normalized spacial score (nSPS) is 39.9. The Morgan fingerprint density at radius 3 is 2.56 bits per heavy atom. The lowest BCUT2D eigenvalue weighted by atomic mass is 9.92. The van der Waals surface area contributed by atoms with Crippen molar-refractivity contribution in [1.82, 2.24) is 10.2 Å². The molecule has 158 valence electrons. The molecule has 9 heteroatoms. The Morgan fingerprint density at radius 2 is 2.00 bits per heavy atom. The van der Waals surface area contributed by atoms with Gasteiger partial charge in [-0.1, -0.05) is 13.3 Å². The van der Waals surface area contributed by atoms with E-state index in [9.17, 15) is 20.1 Å². The van der Waals surface area contributed by atoms with Gasteiger partial charge in [0.2, 0.25) is 5.91 Å². The summed E-state index contributed by atoms with van der Waals surface area (Å²) in [7, 11) is 1.94. The second-order valence-corrected chi connectivity index (χ2v) is 9.36. The van der Waals surface area contributed by atoms with Crippen LogP contribution in [0.4, 0.5) is 0 Å². The monoisotopic (exact) mass is 424 g/mol. The maximum atomic E-state index is 12.9. The van der Waals surface area contributed by atoms with Crippen LogP contribution in [-0.4, -0.2) is 93.3 Å². The first kappa shape index (κ1) is 23.2. The Morgan fingerprint density at radius 1 is 1.33 bits per heavy atom. The highest BCUT2D eigenvalue weighted by Crippen LogP contribution is 2.31. The number of aliphatic hydroxyl groups excluding tert-OH is 3. The molecule has 0 aromatic rings. The minimum atomic E-state index is -1.36. The standard InChI is InChI=1S/C18H33ClN2O5S/c1-5-6-10-7-11(21(3)8-10)17(25)20-12(9(2)19)16-14(23)13(22)15(24)18(26-16)27-4/h9-16,18,22-24H,5-8H2,1-4H3,(H,20,25)/t9-,10+,11-,12+,13?,14?,15+,16+,18?/m0/s1. The average molecular weight is 425 g/mol. The van der Waals surface area contributed by atoms with Crippen LogP contribution in [0, 0.1) is 5.92 Å². The van der Waals surface area contributed by atoms with Crippen molar-refractivity contribution in [2.45, 2.75) is 80.4 Å². The van der Waals surface area contributed by atoms with E-state index in [4.69, 9.17) is 16.3 Å². The molecular weight excluding hydrogens is 392 g/mol. The van der Waals surface area contributed by atoms with Gasteiger partial charge in [0, 0.05) is 6.54 Å². The van der Waals surface area contributed by atoms with Crippen molar-refractivity contribution < 1.29 is 24.9 Å². The fourth-order valence-corrected chi connectivity index (χ4v) is 5.00. The van der Waals surface area contributed by atoms with Crippen LogP contribution in [0.5, 0.6) is 0 Å². The number of halogens is 1. The van der Waals surface area contributed by atoms with Crippen LogP contribution in [0.2, 0.25) is 0 Å². The first-order chi connectivity index (χ1) is 12.7. The van der Waals surface area contributed by atoms with Crippen molar-refractivity contribution in [2.24, 2.45) is 5.92 Å². The van der Waals surface area contributed by atoms with Gasteiger partial charge in [0.25, 0.3) is 0 Å². The van der Waals surface area contributed by atoms with Gasteiger partial charge in [-0.25, -0.2) is 0 Å². The minimum absolute atomic E-state index is 0.147. The number of aliphatic hydroxyl groups is 3. The Balaban J connectivity index is 2.09. The van der Waals surface area contributed by atoms with Gasteiger partial charge < -0.3 is 25.4 Å². The number of alkyl halides is 1. The van der Waals surface area contributed by atoms with Crippen LogP contribution in [0.25, 0.3) is 0 Å². The van der Waals surface area contributed by atoms with Crippen LogP contribution >= 0.6 is 23.4 Å². The summed E-state index contributed by atoms with van der Waals surface area (Å²) in [5.74, 6) is 0.350. The SMILES string of the molecule is CCC[C@@H]1C[C@@H](C(=O)N[C@H]([C@H](C)Cl)[C@H]2OC(SC)[C@H](O)C(O)C2O)N(C)C1. The molecule has 0 bridgehead atoms. The van der Waals surface area contributed by atoms with E-state index in [0.717, 1.165) is 25.8 Å². The van der Waals surface area contributed by atoms with E-state index in [2.05, 4.69) is 12.2 Å². The molecule has 7 nitrogen and oxygen atoms in total. The number of hydrogen-bond donors (Lipinski definition) is 4. The van der Waals surface area contributed by atoms with Gasteiger partial charge in [-0.2, -0.15) is 0 Å². The van der Waals surface area contributed by atoms with Crippen LogP contribution < -0.4 is 5.32 Å². The van der Waals surface area contributed by atoms with Crippen LogP contribution in [0.15, 0.2) is 0 Å². The van der Waals surface area contributed by atoms with E-state index in [1.807, 2.05) is 11.9 Å². The first-order valence-corrected chi connectivity index (χ1v) is 11.3. The summed E-state index contributed by atoms with van der Waals surface area (Å²) in [5, 5.41) is 33.0. The Bertz CT molecular complexity index is 498. The van der Waals surface area contributed by atoms with Gasteiger partial charge in [0.05, 0.1) is 17.5 Å². The number of ether oxygens (including phenoxy) is 1. The number of carbonyl (C=O) groups excluding carboxylic acids is 1. The molecule has 0 aliphatic carbocycles. The zero-order chi connectivity index (χ0) is 20.3. The van der Waals surface area contributed by atoms with E-state index < -0.39 is 41.3 Å². The number of likely N-dealkylation sites (tertiary alicyclic amines) is 1. The lowest BCUT2D eigenvalue weighted by molar-refractivity contribution is -0.205. The average Bonchev–Trinajstić information content (AvgIpc) is 2.99. The second-order valence-electron chi connectivity index (χ2n) is 7.73. The van der Waals surface area contributed by atoms with Crippen molar-refractivity contribution in [3.63, 3.8) is 0 Å². The highest BCUT2D eigenvalue weighted by Gasteiger charge is 2.48. The van der Waals surface area contributed by atoms with Crippen LogP contribution in [-0.2, 0) is 9.53 Å². The summed E-state index contributed by atoms with van der Waals surface area (Å²) < 4.78 is 5.79. The molecular formula is C18H33ClN2O5S. The summed E-state index contributed by atoms with van der Waals surface area (Å²) in [6, 6.07) is -0.934. The van der Waals surface area contributed by atoms with Crippen molar-refractivity contribution in [2.75, 3.05) is 19.8 Å². The topological polar surface area (TPSA) is 102 Å². The third-order valence-corrected chi connectivity index (χ3v) is 6.76. The maximum Gasteiger partial charge on any atom is 0.237 e. The molecule has 2 rings (SSSR count). The molecule has 0 spiro atoms. The molecule has 1 amide bonds. The van der Waals surface area contributed by atoms with E-state index in [1.165, 1.54) is 11.8 Å². The van der Waals surface area contributed by atoms with Crippen molar-refractivity contribution in [1.29, 1.82) is 0 Å². The number of thioether (sulfide) groups is 1. The molecule has 2 aliphatic rings. The van der Waals surface area contributed by atoms with E-state index in [1.54, 1.807) is 13.2 Å². The largest absolute Gasteiger partial charge is 0.388 e. The van der Waals surface area contributed by atoms with Crippen molar-refractivity contribution >= 4 is 29.3 Å². The number of amides is 1. The fourth-order valence-electron chi connectivity index (χ4n) is 4.11. The summed E-state index contributed by atoms with van der Waals surface area (Å²) >= 11 is 7.55. The van der Waals surface area contributed by atoms with Gasteiger partial charge in [0.15, 0.2) is 0 Å². The van der Waals surface area contributed by atoms with Crippen molar-refractivity contribution in [3.05, 3.63) is 0 Å². The lowest BCUT2D eigenvalue weighted by Gasteiger charge is -2.44. The predicted molar refractivity (Wildman–Crippen MR) is 107 cm³/mol. The first-order valence-electron chi connectivity index (χ1n) is 9.58. The molecule has 3 unspecified atom stereocenters. The molecule has 0 aromatic carbocycles. The van der Waals surface area contributed by atoms with Crippen molar-refractivity contribution in [3.8, 4) is 0 Å². The quantitative estimate of drug-likeness (QED) is 0.438. The van der Waals surface area contributed by atoms with E-state index in [0.29, 0.717) is 5.92 Å². The third kappa shape index (κ3) is 5.29. The third-order valence-electron chi connectivity index (χ3n) is 5.63. The molecule has 9 atom stereocenters. The van der Waals surface area contributed by atoms with Gasteiger partial charge in [-0.05, 0) is 39.0 Å². The Labute approximate surface area is 170 Å². The predicted octanol–water partition coefficient (Wildman–Crippen LogP) is 0.390. The van der Waals surface area contributed by atoms with Gasteiger partial charge >= 0.3 is 0 Å². The highest BCUT2D eigenvalue weighted by molar-refractivity contribution is 7.99. The van der Waals surface area contributed by atoms with Crippen LogP contribution in [0.3, 0.4) is 0 Å². The molecule has 0 radical (unpaired) electrons. The molecule has 2 heterocycles. The van der Waals surface area contributed by atoms with Crippen LogP contribution in [0.1, 0.15) is 33.1 Å². The van der Waals surface area contributed by atoms with E-state index in [-0.39, 0.29) is 11.9 Å². The molecule has 2 aliphatic heterocycles. The molecule has 4 N–H and O–H groups in total. The molecule has 2 saturated heterocycles. The maximum absolute atomic E-state index is 12.9. The second kappa shape index (κ2) is 10.1. The fraction of sp³-hybridized carbons (Fsp3) is 0.944. The molecule has 0 aromatic heterocycles. The summed E-state index contributed by atoms with van der Waals surface area (Å²) in [4.78, 5) is 14.9. The molecule has 0 saturated carbocycles. The summed E-state index contributed by atoms with van der Waals surface area (Å²) in [6.07, 6.45) is -0.0980. The number of likely N-dealkylation sites (N-methyl/N-ethyl adjacent to an activating group) is 1. The zero-order valence-electron chi connectivity index (χ0n) is 16.4. The number of carbonyl (C=O) groups is 1. The smallest absolute Gasteiger partial charge is 0.237 e. The lowest BCUT2D eigenvalue weighted by Crippen LogP contribution is -2.65. The number of rotatable bonds is 7. The highest BCUT2D eigenvalue weighted by atomic mass is 35.5. The van der Waals surface area contributed by atoms with Gasteiger partial charge in [-0.3, -0.25) is 9.69 Å². The Hall–Kier alpha value is -0.0900. The Kier molecular flexibility index (Phi) is 8.67. The summed E-state index contributed by atoms with van der Waals surface area (Å²) in [5.41, 5.74) is -0.702. The zero-order valence-corrected chi connectivity index (χ0v) is 18.0.